The highest BCUT2D eigenvalue weighted by molar-refractivity contribution is 6.33. The molecule has 8 nitrogen and oxygen atoms in total. The first-order chi connectivity index (χ1) is 16.1. The summed E-state index contributed by atoms with van der Waals surface area (Å²) in [5.41, 5.74) is 0.262. The summed E-state index contributed by atoms with van der Waals surface area (Å²) in [5, 5.41) is 8.41. The van der Waals surface area contributed by atoms with E-state index < -0.39 is 53.6 Å². The Balaban J connectivity index is 1.59. The monoisotopic (exact) mass is 494 g/mol. The number of amides is 2. The van der Waals surface area contributed by atoms with Crippen LogP contribution in [0.3, 0.4) is 0 Å². The van der Waals surface area contributed by atoms with Gasteiger partial charge in [-0.1, -0.05) is 29.8 Å². The highest BCUT2D eigenvalue weighted by Crippen LogP contribution is 2.24. The second kappa shape index (κ2) is 10.4. The number of halogens is 4. The quantitative estimate of drug-likeness (QED) is 0.386. The van der Waals surface area contributed by atoms with Crippen molar-refractivity contribution < 1.29 is 32.3 Å². The van der Waals surface area contributed by atoms with Gasteiger partial charge in [-0.2, -0.15) is 5.10 Å². The van der Waals surface area contributed by atoms with Crippen LogP contribution in [-0.4, -0.2) is 40.2 Å². The molecule has 1 atom stereocenters. The van der Waals surface area contributed by atoms with Gasteiger partial charge >= 0.3 is 5.97 Å². The van der Waals surface area contributed by atoms with E-state index in [0.717, 1.165) is 6.07 Å². The fraction of sp³-hybridized carbons (Fsp3) is 0.182. The first-order valence-electron chi connectivity index (χ1n) is 9.82. The molecule has 178 valence electrons. The number of esters is 1. The number of ether oxygens (including phenoxy) is 1. The van der Waals surface area contributed by atoms with E-state index in [1.807, 2.05) is 5.32 Å². The van der Waals surface area contributed by atoms with Crippen molar-refractivity contribution in [3.8, 4) is 5.69 Å². The van der Waals surface area contributed by atoms with Crippen LogP contribution in [0.4, 0.5) is 18.9 Å². The van der Waals surface area contributed by atoms with Crippen molar-refractivity contribution in [3.05, 3.63) is 76.3 Å². The number of aromatic nitrogens is 2. The molecule has 3 aromatic rings. The molecule has 34 heavy (non-hydrogen) atoms. The van der Waals surface area contributed by atoms with Gasteiger partial charge in [0.05, 0.1) is 23.6 Å². The molecule has 0 saturated carbocycles. The maximum absolute atomic E-state index is 13.6. The summed E-state index contributed by atoms with van der Waals surface area (Å²) in [6, 6.07) is 10.3. The first-order valence-corrected chi connectivity index (χ1v) is 10.2. The van der Waals surface area contributed by atoms with Gasteiger partial charge in [-0.3, -0.25) is 9.59 Å². The summed E-state index contributed by atoms with van der Waals surface area (Å²) in [7, 11) is 0. The van der Waals surface area contributed by atoms with Gasteiger partial charge in [0, 0.05) is 0 Å². The Labute approximate surface area is 196 Å². The van der Waals surface area contributed by atoms with Crippen molar-refractivity contribution in [1.29, 1.82) is 0 Å². The van der Waals surface area contributed by atoms with Crippen LogP contribution in [0.1, 0.15) is 23.0 Å². The Morgan fingerprint density at radius 1 is 1.09 bits per heavy atom. The minimum atomic E-state index is -1.74. The SMILES string of the molecule is Cc1nn(-c2ccccc2)c(Cl)c1C(=O)O[C@@H](C)C(=O)NCC(=O)Nc1ccc(F)c(F)c1F. The summed E-state index contributed by atoms with van der Waals surface area (Å²) in [6.45, 7) is 2.17. The fourth-order valence-electron chi connectivity index (χ4n) is 2.87. The summed E-state index contributed by atoms with van der Waals surface area (Å²) >= 11 is 6.30. The van der Waals surface area contributed by atoms with E-state index in [9.17, 15) is 27.6 Å². The van der Waals surface area contributed by atoms with E-state index in [0.29, 0.717) is 11.8 Å². The highest BCUT2D eigenvalue weighted by Gasteiger charge is 2.26. The minimum Gasteiger partial charge on any atom is -0.449 e. The summed E-state index contributed by atoms with van der Waals surface area (Å²) in [6.07, 6.45) is -1.32. The zero-order valence-corrected chi connectivity index (χ0v) is 18.6. The number of carbonyl (C=O) groups is 3. The molecule has 0 aliphatic carbocycles. The third kappa shape index (κ3) is 5.37. The smallest absolute Gasteiger partial charge is 0.344 e. The molecule has 1 aromatic heterocycles. The zero-order chi connectivity index (χ0) is 25.0. The van der Waals surface area contributed by atoms with Gasteiger partial charge in [0.2, 0.25) is 5.91 Å². The molecule has 2 amide bonds. The topological polar surface area (TPSA) is 102 Å². The molecule has 0 spiro atoms. The third-order valence-electron chi connectivity index (χ3n) is 4.59. The van der Waals surface area contributed by atoms with E-state index in [1.165, 1.54) is 11.6 Å². The molecule has 2 N–H and O–H groups in total. The first kappa shape index (κ1) is 24.8. The molecule has 0 saturated heterocycles. The summed E-state index contributed by atoms with van der Waals surface area (Å²) < 4.78 is 46.3. The molecule has 0 aliphatic heterocycles. The normalized spacial score (nSPS) is 11.6. The van der Waals surface area contributed by atoms with Gasteiger partial charge < -0.3 is 15.4 Å². The Hall–Kier alpha value is -3.86. The Morgan fingerprint density at radius 3 is 2.44 bits per heavy atom. The number of carbonyl (C=O) groups excluding carboxylic acids is 3. The Kier molecular flexibility index (Phi) is 7.57. The van der Waals surface area contributed by atoms with Gasteiger partial charge in [-0.05, 0) is 38.1 Å². The van der Waals surface area contributed by atoms with Crippen LogP contribution in [0.15, 0.2) is 42.5 Å². The lowest BCUT2D eigenvalue weighted by atomic mass is 10.2. The number of anilines is 1. The van der Waals surface area contributed by atoms with Crippen molar-refractivity contribution in [2.75, 3.05) is 11.9 Å². The number of benzene rings is 2. The number of nitrogens with one attached hydrogen (secondary N) is 2. The second-order valence-corrected chi connectivity index (χ2v) is 7.39. The molecular weight excluding hydrogens is 477 g/mol. The lowest BCUT2D eigenvalue weighted by molar-refractivity contribution is -0.130. The molecule has 0 fully saturated rings. The Morgan fingerprint density at radius 2 is 1.76 bits per heavy atom. The van der Waals surface area contributed by atoms with E-state index in [2.05, 4.69) is 10.4 Å². The fourth-order valence-corrected chi connectivity index (χ4v) is 3.22. The van der Waals surface area contributed by atoms with Crippen molar-refractivity contribution in [2.45, 2.75) is 20.0 Å². The number of nitrogens with zero attached hydrogens (tertiary/aromatic N) is 2. The molecule has 0 radical (unpaired) electrons. The van der Waals surface area contributed by atoms with Crippen LogP contribution in [-0.2, 0) is 14.3 Å². The number of hydrogen-bond acceptors (Lipinski definition) is 5. The molecule has 0 bridgehead atoms. The van der Waals surface area contributed by atoms with Crippen LogP contribution < -0.4 is 10.6 Å². The van der Waals surface area contributed by atoms with Gasteiger partial charge in [-0.25, -0.2) is 22.6 Å². The number of rotatable bonds is 7. The molecule has 12 heteroatoms. The third-order valence-corrected chi connectivity index (χ3v) is 4.94. The van der Waals surface area contributed by atoms with Crippen LogP contribution in [0.5, 0.6) is 0 Å². The standard InChI is InChI=1S/C22H18ClF3N4O4/c1-11-17(20(23)30(29-11)13-6-4-3-5-7-13)22(33)34-12(2)21(32)27-10-16(31)28-15-9-8-14(24)18(25)19(15)26/h3-9,12H,10H2,1-2H3,(H,27,32)(H,28,31)/t12-/m0/s1. The highest BCUT2D eigenvalue weighted by atomic mass is 35.5. The molecule has 0 unspecified atom stereocenters. The van der Waals surface area contributed by atoms with Gasteiger partial charge in [0.1, 0.15) is 10.7 Å². The number of aryl methyl sites for hydroxylation is 1. The van der Waals surface area contributed by atoms with Crippen molar-refractivity contribution in [1.82, 2.24) is 15.1 Å². The second-order valence-electron chi connectivity index (χ2n) is 7.04. The molecule has 2 aromatic carbocycles. The van der Waals surface area contributed by atoms with Crippen LogP contribution >= 0.6 is 11.6 Å². The van der Waals surface area contributed by atoms with Crippen molar-refractivity contribution in [3.63, 3.8) is 0 Å². The van der Waals surface area contributed by atoms with E-state index in [1.54, 1.807) is 37.3 Å². The van der Waals surface area contributed by atoms with Gasteiger partial charge in [0.25, 0.3) is 5.91 Å². The van der Waals surface area contributed by atoms with Crippen LogP contribution in [0.2, 0.25) is 5.15 Å². The van der Waals surface area contributed by atoms with E-state index >= 15 is 0 Å². The van der Waals surface area contributed by atoms with Crippen molar-refractivity contribution >= 4 is 35.1 Å². The van der Waals surface area contributed by atoms with Crippen LogP contribution in [0, 0.1) is 24.4 Å². The number of hydrogen-bond donors (Lipinski definition) is 2. The molecule has 0 aliphatic rings. The van der Waals surface area contributed by atoms with Crippen LogP contribution in [0.25, 0.3) is 5.69 Å². The average Bonchev–Trinajstić information content (AvgIpc) is 3.12. The minimum absolute atomic E-state index is 0.00533. The molecule has 3 rings (SSSR count). The summed E-state index contributed by atoms with van der Waals surface area (Å²) in [5.74, 6) is -7.39. The van der Waals surface area contributed by atoms with Gasteiger partial charge in [-0.15, -0.1) is 0 Å². The lowest BCUT2D eigenvalue weighted by Crippen LogP contribution is -2.40. The maximum atomic E-state index is 13.6. The predicted molar refractivity (Wildman–Crippen MR) is 116 cm³/mol. The average molecular weight is 495 g/mol. The van der Waals surface area contributed by atoms with E-state index in [-0.39, 0.29) is 16.4 Å². The largest absolute Gasteiger partial charge is 0.449 e. The van der Waals surface area contributed by atoms with E-state index in [4.69, 9.17) is 16.3 Å². The maximum Gasteiger partial charge on any atom is 0.344 e. The lowest BCUT2D eigenvalue weighted by Gasteiger charge is -2.14. The molecule has 1 heterocycles. The predicted octanol–water partition coefficient (Wildman–Crippen LogP) is 3.55. The van der Waals surface area contributed by atoms with Crippen molar-refractivity contribution in [2.24, 2.45) is 0 Å². The number of para-hydroxylation sites is 1. The Bertz CT molecular complexity index is 1250. The van der Waals surface area contributed by atoms with Gasteiger partial charge in [0.15, 0.2) is 23.6 Å². The summed E-state index contributed by atoms with van der Waals surface area (Å²) in [4.78, 5) is 36.7. The zero-order valence-electron chi connectivity index (χ0n) is 17.9. The molecular formula is C22H18ClF3N4O4.